The molecule has 0 bridgehead atoms. The second-order valence-corrected chi connectivity index (χ2v) is 5.16. The minimum Gasteiger partial charge on any atom is -0.350 e. The summed E-state index contributed by atoms with van der Waals surface area (Å²) < 4.78 is 14.6. The number of anilines is 1. The molecule has 1 unspecified atom stereocenters. The molecule has 1 aromatic carbocycles. The van der Waals surface area contributed by atoms with Gasteiger partial charge in [-0.05, 0) is 37.5 Å². The zero-order chi connectivity index (χ0) is 14.7. The summed E-state index contributed by atoms with van der Waals surface area (Å²) in [6, 6.07) is 13.6. The van der Waals surface area contributed by atoms with E-state index in [0.29, 0.717) is 11.6 Å². The maximum Gasteiger partial charge on any atom is 0.243 e. The molecule has 1 atom stereocenters. The van der Waals surface area contributed by atoms with Gasteiger partial charge in [0.1, 0.15) is 5.82 Å². The van der Waals surface area contributed by atoms with Gasteiger partial charge in [0.2, 0.25) is 5.95 Å². The van der Waals surface area contributed by atoms with Gasteiger partial charge in [-0.2, -0.15) is 4.98 Å². The van der Waals surface area contributed by atoms with Crippen LogP contribution in [0.15, 0.2) is 48.7 Å². The Morgan fingerprint density at radius 1 is 1.19 bits per heavy atom. The Kier molecular flexibility index (Phi) is 3.81. The Balaban J connectivity index is 1.62. The van der Waals surface area contributed by atoms with Crippen LogP contribution in [0.2, 0.25) is 0 Å². The maximum absolute atomic E-state index is 13.1. The first kappa shape index (κ1) is 13.5. The van der Waals surface area contributed by atoms with Gasteiger partial charge in [0.05, 0.1) is 6.20 Å². The molecular formula is C16H17FN4. The lowest BCUT2D eigenvalue weighted by atomic mass is 10.1. The smallest absolute Gasteiger partial charge is 0.243 e. The van der Waals surface area contributed by atoms with Crippen LogP contribution in [-0.4, -0.2) is 20.6 Å². The van der Waals surface area contributed by atoms with Crippen molar-refractivity contribution in [1.82, 2.24) is 14.6 Å². The molecule has 0 aliphatic carbocycles. The third kappa shape index (κ3) is 3.37. The van der Waals surface area contributed by atoms with E-state index in [2.05, 4.69) is 34.5 Å². The molecule has 21 heavy (non-hydrogen) atoms. The normalized spacial score (nSPS) is 12.5. The number of nitrogens with zero attached hydrogens (tertiary/aromatic N) is 3. The number of hydrogen-bond donors (Lipinski definition) is 1. The van der Waals surface area contributed by atoms with Crippen molar-refractivity contribution in [1.29, 1.82) is 0 Å². The molecule has 0 spiro atoms. The summed E-state index contributed by atoms with van der Waals surface area (Å²) in [5, 5.41) is 7.48. The number of benzene rings is 1. The molecule has 1 N–H and O–H groups in total. The van der Waals surface area contributed by atoms with Crippen molar-refractivity contribution >= 4 is 11.6 Å². The summed E-state index contributed by atoms with van der Waals surface area (Å²) in [6.45, 7) is 2.09. The first-order chi connectivity index (χ1) is 10.2. The van der Waals surface area contributed by atoms with Gasteiger partial charge >= 0.3 is 0 Å². The van der Waals surface area contributed by atoms with Crippen LogP contribution >= 0.6 is 0 Å². The first-order valence-electron chi connectivity index (χ1n) is 7.03. The topological polar surface area (TPSA) is 42.2 Å². The van der Waals surface area contributed by atoms with E-state index in [1.807, 2.05) is 18.2 Å². The van der Waals surface area contributed by atoms with Gasteiger partial charge in [-0.25, -0.2) is 8.91 Å². The van der Waals surface area contributed by atoms with E-state index < -0.39 is 0 Å². The molecule has 5 heteroatoms. The Morgan fingerprint density at radius 3 is 2.81 bits per heavy atom. The van der Waals surface area contributed by atoms with Gasteiger partial charge in [0, 0.05) is 6.04 Å². The van der Waals surface area contributed by atoms with Crippen LogP contribution in [0, 0.1) is 5.82 Å². The highest BCUT2D eigenvalue weighted by Gasteiger charge is 2.08. The third-order valence-electron chi connectivity index (χ3n) is 3.38. The van der Waals surface area contributed by atoms with Gasteiger partial charge < -0.3 is 5.32 Å². The van der Waals surface area contributed by atoms with Crippen LogP contribution in [0.4, 0.5) is 10.3 Å². The van der Waals surface area contributed by atoms with Crippen molar-refractivity contribution in [2.45, 2.75) is 25.8 Å². The molecule has 2 aromatic heterocycles. The molecule has 4 nitrogen and oxygen atoms in total. The molecule has 3 aromatic rings. The Labute approximate surface area is 122 Å². The van der Waals surface area contributed by atoms with Crippen molar-refractivity contribution in [3.05, 3.63) is 60.0 Å². The van der Waals surface area contributed by atoms with E-state index in [1.165, 1.54) is 22.3 Å². The minimum atomic E-state index is -0.323. The number of pyridine rings is 1. The van der Waals surface area contributed by atoms with Crippen LogP contribution in [-0.2, 0) is 6.42 Å². The molecule has 0 fully saturated rings. The zero-order valence-electron chi connectivity index (χ0n) is 11.8. The predicted octanol–water partition coefficient (Wildman–Crippen LogP) is 3.30. The van der Waals surface area contributed by atoms with Crippen molar-refractivity contribution in [2.75, 3.05) is 5.32 Å². The molecule has 0 amide bonds. The van der Waals surface area contributed by atoms with Crippen LogP contribution < -0.4 is 5.32 Å². The summed E-state index contributed by atoms with van der Waals surface area (Å²) in [4.78, 5) is 4.32. The summed E-state index contributed by atoms with van der Waals surface area (Å²) >= 11 is 0. The maximum atomic E-state index is 13.1. The van der Waals surface area contributed by atoms with Gasteiger partial charge in [-0.1, -0.05) is 30.3 Å². The highest BCUT2D eigenvalue weighted by atomic mass is 19.1. The monoisotopic (exact) mass is 284 g/mol. The van der Waals surface area contributed by atoms with E-state index in [0.717, 1.165) is 12.8 Å². The second kappa shape index (κ2) is 5.91. The molecule has 3 rings (SSSR count). The van der Waals surface area contributed by atoms with E-state index in [-0.39, 0.29) is 11.9 Å². The molecule has 0 radical (unpaired) electrons. The second-order valence-electron chi connectivity index (χ2n) is 5.16. The lowest BCUT2D eigenvalue weighted by molar-refractivity contribution is 0.614. The van der Waals surface area contributed by atoms with Crippen molar-refractivity contribution in [3.63, 3.8) is 0 Å². The van der Waals surface area contributed by atoms with Crippen LogP contribution in [0.1, 0.15) is 18.9 Å². The van der Waals surface area contributed by atoms with E-state index in [1.54, 1.807) is 6.07 Å². The van der Waals surface area contributed by atoms with Gasteiger partial charge in [-0.15, -0.1) is 5.10 Å². The van der Waals surface area contributed by atoms with E-state index in [4.69, 9.17) is 0 Å². The van der Waals surface area contributed by atoms with Crippen LogP contribution in [0.5, 0.6) is 0 Å². The number of hydrogen-bond acceptors (Lipinski definition) is 3. The van der Waals surface area contributed by atoms with E-state index in [9.17, 15) is 4.39 Å². The summed E-state index contributed by atoms with van der Waals surface area (Å²) in [7, 11) is 0. The van der Waals surface area contributed by atoms with Crippen molar-refractivity contribution in [3.8, 4) is 0 Å². The molecule has 0 aliphatic rings. The first-order valence-corrected chi connectivity index (χ1v) is 7.03. The quantitative estimate of drug-likeness (QED) is 0.781. The molecule has 2 heterocycles. The molecule has 108 valence electrons. The summed E-state index contributed by atoms with van der Waals surface area (Å²) in [5.41, 5.74) is 1.95. The third-order valence-corrected chi connectivity index (χ3v) is 3.38. The molecule has 0 saturated carbocycles. The van der Waals surface area contributed by atoms with Gasteiger partial charge in [0.15, 0.2) is 5.65 Å². The Bertz CT molecular complexity index is 723. The Morgan fingerprint density at radius 2 is 2.00 bits per heavy atom. The fourth-order valence-electron chi connectivity index (χ4n) is 2.24. The fourth-order valence-corrected chi connectivity index (χ4v) is 2.24. The number of aromatic nitrogens is 3. The number of rotatable bonds is 5. The minimum absolute atomic E-state index is 0.243. The van der Waals surface area contributed by atoms with Gasteiger partial charge in [-0.3, -0.25) is 0 Å². The van der Waals surface area contributed by atoms with Crippen molar-refractivity contribution < 1.29 is 4.39 Å². The predicted molar refractivity (Wildman–Crippen MR) is 80.8 cm³/mol. The lowest BCUT2D eigenvalue weighted by Crippen LogP contribution is -2.17. The van der Waals surface area contributed by atoms with E-state index >= 15 is 0 Å². The highest BCUT2D eigenvalue weighted by molar-refractivity contribution is 5.43. The largest absolute Gasteiger partial charge is 0.350 e. The van der Waals surface area contributed by atoms with Crippen molar-refractivity contribution in [2.24, 2.45) is 0 Å². The lowest BCUT2D eigenvalue weighted by Gasteiger charge is -2.11. The number of fused-ring (bicyclic) bond motifs is 1. The number of aryl methyl sites for hydroxylation is 1. The van der Waals surface area contributed by atoms with Crippen LogP contribution in [0.3, 0.4) is 0 Å². The van der Waals surface area contributed by atoms with Gasteiger partial charge in [0.25, 0.3) is 0 Å². The highest BCUT2D eigenvalue weighted by Crippen LogP contribution is 2.11. The molecular weight excluding hydrogens is 267 g/mol. The average Bonchev–Trinajstić information content (AvgIpc) is 2.87. The summed E-state index contributed by atoms with van der Waals surface area (Å²) in [6.07, 6.45) is 3.30. The molecule has 0 saturated heterocycles. The SMILES string of the molecule is CC(CCc1ccccc1)Nc1nc2ccc(F)cn2n1. The summed E-state index contributed by atoms with van der Waals surface area (Å²) in [5.74, 6) is 0.206. The average molecular weight is 284 g/mol. The molecule has 0 aliphatic heterocycles. The number of nitrogens with one attached hydrogen (secondary N) is 1. The zero-order valence-corrected chi connectivity index (χ0v) is 11.8. The fraction of sp³-hybridized carbons (Fsp3) is 0.250. The Hall–Kier alpha value is -2.43. The van der Waals surface area contributed by atoms with Crippen LogP contribution in [0.25, 0.3) is 5.65 Å². The number of halogens is 1. The standard InChI is InChI=1S/C16H17FN4/c1-12(7-8-13-5-3-2-4-6-13)18-16-19-15-10-9-14(17)11-21(15)20-16/h2-6,9-12H,7-8H2,1H3,(H,18,20).